The van der Waals surface area contributed by atoms with Gasteiger partial charge in [-0.3, -0.25) is 9.36 Å². The molecule has 0 fully saturated rings. The highest BCUT2D eigenvalue weighted by atomic mass is 35.5. The lowest BCUT2D eigenvalue weighted by molar-refractivity contribution is 0.977. The minimum Gasteiger partial charge on any atom is -0.281 e. The number of aryl methyl sites for hydroxylation is 1. The standard InChI is InChI=1S/C12H9Cl2NO/c1-8-5-6-11(16)15(7-8)12-9(13)3-2-4-10(12)14/h2-7H,1H3. The second-order valence-corrected chi connectivity index (χ2v) is 4.30. The predicted molar refractivity (Wildman–Crippen MR) is 66.8 cm³/mol. The van der Waals surface area contributed by atoms with Gasteiger partial charge in [-0.2, -0.15) is 0 Å². The van der Waals surface area contributed by atoms with Crippen molar-refractivity contribution >= 4 is 23.2 Å². The Kier molecular flexibility index (Phi) is 3.03. The third kappa shape index (κ3) is 1.99. The van der Waals surface area contributed by atoms with E-state index in [1.165, 1.54) is 10.6 Å². The fraction of sp³-hybridized carbons (Fsp3) is 0.0833. The topological polar surface area (TPSA) is 22.0 Å². The van der Waals surface area contributed by atoms with Crippen molar-refractivity contribution < 1.29 is 0 Å². The first-order valence-electron chi connectivity index (χ1n) is 4.73. The Morgan fingerprint density at radius 1 is 1.06 bits per heavy atom. The third-order valence-corrected chi connectivity index (χ3v) is 2.85. The zero-order chi connectivity index (χ0) is 11.7. The number of halogens is 2. The maximum atomic E-state index is 11.7. The van der Waals surface area contributed by atoms with Gasteiger partial charge in [0.25, 0.3) is 5.56 Å². The number of rotatable bonds is 1. The van der Waals surface area contributed by atoms with Crippen LogP contribution in [0.15, 0.2) is 41.3 Å². The Morgan fingerprint density at radius 3 is 2.31 bits per heavy atom. The largest absolute Gasteiger partial charge is 0.281 e. The van der Waals surface area contributed by atoms with Crippen LogP contribution in [0, 0.1) is 6.92 Å². The van der Waals surface area contributed by atoms with Crippen molar-refractivity contribution in [2.24, 2.45) is 0 Å². The van der Waals surface area contributed by atoms with Crippen LogP contribution in [0.2, 0.25) is 10.0 Å². The first-order chi connectivity index (χ1) is 7.59. The molecule has 1 heterocycles. The van der Waals surface area contributed by atoms with Gasteiger partial charge in [-0.05, 0) is 24.6 Å². The van der Waals surface area contributed by atoms with E-state index in [1.807, 2.05) is 6.92 Å². The van der Waals surface area contributed by atoms with Crippen molar-refractivity contribution in [1.82, 2.24) is 4.57 Å². The molecule has 0 unspecified atom stereocenters. The number of hydrogen-bond donors (Lipinski definition) is 0. The van der Waals surface area contributed by atoms with Crippen molar-refractivity contribution in [1.29, 1.82) is 0 Å². The van der Waals surface area contributed by atoms with Crippen LogP contribution >= 0.6 is 23.2 Å². The van der Waals surface area contributed by atoms with Crippen LogP contribution in [0.4, 0.5) is 0 Å². The van der Waals surface area contributed by atoms with Crippen LogP contribution in [0.5, 0.6) is 0 Å². The molecule has 1 aromatic carbocycles. The monoisotopic (exact) mass is 253 g/mol. The summed E-state index contributed by atoms with van der Waals surface area (Å²) in [4.78, 5) is 11.7. The molecular weight excluding hydrogens is 245 g/mol. The molecule has 0 amide bonds. The highest BCUT2D eigenvalue weighted by Gasteiger charge is 2.08. The Labute approximate surface area is 103 Å². The summed E-state index contributed by atoms with van der Waals surface area (Å²) in [6.07, 6.45) is 1.72. The molecule has 0 atom stereocenters. The SMILES string of the molecule is Cc1ccc(=O)n(-c2c(Cl)cccc2Cl)c1. The van der Waals surface area contributed by atoms with Gasteiger partial charge >= 0.3 is 0 Å². The van der Waals surface area contributed by atoms with Crippen LogP contribution in [0.1, 0.15) is 5.56 Å². The van der Waals surface area contributed by atoms with Crippen molar-refractivity contribution in [3.63, 3.8) is 0 Å². The second kappa shape index (κ2) is 4.32. The van der Waals surface area contributed by atoms with E-state index in [2.05, 4.69) is 0 Å². The average molecular weight is 254 g/mol. The third-order valence-electron chi connectivity index (χ3n) is 2.24. The average Bonchev–Trinajstić information content (AvgIpc) is 2.23. The highest BCUT2D eigenvalue weighted by molar-refractivity contribution is 6.37. The number of benzene rings is 1. The summed E-state index contributed by atoms with van der Waals surface area (Å²) in [6, 6.07) is 8.41. The molecule has 4 heteroatoms. The number of pyridine rings is 1. The van der Waals surface area contributed by atoms with Gasteiger partial charge < -0.3 is 0 Å². The molecule has 0 aliphatic heterocycles. The predicted octanol–water partition coefficient (Wildman–Crippen LogP) is 3.45. The zero-order valence-electron chi connectivity index (χ0n) is 8.58. The van der Waals surface area contributed by atoms with Gasteiger partial charge in [0.15, 0.2) is 0 Å². The Bertz CT molecular complexity index is 570. The summed E-state index contributed by atoms with van der Waals surface area (Å²) in [6.45, 7) is 1.90. The van der Waals surface area contributed by atoms with Crippen LogP contribution in [-0.2, 0) is 0 Å². The summed E-state index contributed by atoms with van der Waals surface area (Å²) in [5.74, 6) is 0. The molecule has 0 spiro atoms. The molecule has 0 bridgehead atoms. The number of nitrogens with zero attached hydrogens (tertiary/aromatic N) is 1. The summed E-state index contributed by atoms with van der Waals surface area (Å²) in [5, 5.41) is 0.917. The Balaban J connectivity index is 2.77. The summed E-state index contributed by atoms with van der Waals surface area (Å²) in [5.41, 5.74) is 1.34. The molecule has 0 aliphatic rings. The molecule has 0 radical (unpaired) electrons. The first-order valence-corrected chi connectivity index (χ1v) is 5.49. The molecule has 1 aromatic heterocycles. The highest BCUT2D eigenvalue weighted by Crippen LogP contribution is 2.27. The van der Waals surface area contributed by atoms with Gasteiger partial charge in [0.1, 0.15) is 0 Å². The maximum Gasteiger partial charge on any atom is 0.255 e. The molecule has 2 rings (SSSR count). The Hall–Kier alpha value is -1.25. The lowest BCUT2D eigenvalue weighted by atomic mass is 10.2. The van der Waals surface area contributed by atoms with E-state index in [4.69, 9.17) is 23.2 Å². The molecule has 0 saturated heterocycles. The smallest absolute Gasteiger partial charge is 0.255 e. The molecule has 0 N–H and O–H groups in total. The van der Waals surface area contributed by atoms with Crippen LogP contribution in [0.25, 0.3) is 5.69 Å². The van der Waals surface area contributed by atoms with Crippen LogP contribution < -0.4 is 5.56 Å². The Morgan fingerprint density at radius 2 is 1.69 bits per heavy atom. The van der Waals surface area contributed by atoms with E-state index in [0.29, 0.717) is 15.7 Å². The summed E-state index contributed by atoms with van der Waals surface area (Å²) >= 11 is 12.1. The summed E-state index contributed by atoms with van der Waals surface area (Å²) < 4.78 is 1.46. The lowest BCUT2D eigenvalue weighted by Crippen LogP contribution is -2.17. The molecule has 0 saturated carbocycles. The minimum absolute atomic E-state index is 0.152. The molecule has 0 aliphatic carbocycles. The van der Waals surface area contributed by atoms with Gasteiger partial charge in [-0.15, -0.1) is 0 Å². The van der Waals surface area contributed by atoms with Gasteiger partial charge in [0, 0.05) is 12.3 Å². The van der Waals surface area contributed by atoms with Gasteiger partial charge in [0.05, 0.1) is 15.7 Å². The number of para-hydroxylation sites is 1. The van der Waals surface area contributed by atoms with Crippen molar-refractivity contribution in [2.75, 3.05) is 0 Å². The minimum atomic E-state index is -0.152. The van der Waals surface area contributed by atoms with Crippen molar-refractivity contribution in [3.05, 3.63) is 62.5 Å². The molecule has 2 aromatic rings. The van der Waals surface area contributed by atoms with Crippen LogP contribution in [0.3, 0.4) is 0 Å². The van der Waals surface area contributed by atoms with Gasteiger partial charge in [-0.25, -0.2) is 0 Å². The van der Waals surface area contributed by atoms with Crippen molar-refractivity contribution in [2.45, 2.75) is 6.92 Å². The first kappa shape index (κ1) is 11.2. The van der Waals surface area contributed by atoms with E-state index in [1.54, 1.807) is 30.5 Å². The van der Waals surface area contributed by atoms with Crippen molar-refractivity contribution in [3.8, 4) is 5.69 Å². The molecular formula is C12H9Cl2NO. The van der Waals surface area contributed by atoms with E-state index in [9.17, 15) is 4.79 Å². The van der Waals surface area contributed by atoms with E-state index in [-0.39, 0.29) is 5.56 Å². The van der Waals surface area contributed by atoms with Crippen LogP contribution in [-0.4, -0.2) is 4.57 Å². The quantitative estimate of drug-likeness (QED) is 0.763. The lowest BCUT2D eigenvalue weighted by Gasteiger charge is -2.10. The van der Waals surface area contributed by atoms with Gasteiger partial charge in [-0.1, -0.05) is 35.3 Å². The zero-order valence-corrected chi connectivity index (χ0v) is 10.1. The van der Waals surface area contributed by atoms with E-state index in [0.717, 1.165) is 5.56 Å². The maximum absolute atomic E-state index is 11.7. The van der Waals surface area contributed by atoms with Gasteiger partial charge in [0.2, 0.25) is 0 Å². The number of aromatic nitrogens is 1. The fourth-order valence-corrected chi connectivity index (χ4v) is 2.07. The molecule has 82 valence electrons. The molecule has 16 heavy (non-hydrogen) atoms. The van der Waals surface area contributed by atoms with E-state index >= 15 is 0 Å². The normalized spacial score (nSPS) is 10.4. The molecule has 2 nitrogen and oxygen atoms in total. The van der Waals surface area contributed by atoms with E-state index < -0.39 is 0 Å². The summed E-state index contributed by atoms with van der Waals surface area (Å²) in [7, 11) is 0. The number of hydrogen-bond acceptors (Lipinski definition) is 1. The second-order valence-electron chi connectivity index (χ2n) is 3.48. The fourth-order valence-electron chi connectivity index (χ4n) is 1.49.